The first-order chi connectivity index (χ1) is 23.4. The molecule has 2 aromatic heterocycles. The van der Waals surface area contributed by atoms with Crippen molar-refractivity contribution in [3.8, 4) is 17.1 Å². The smallest absolute Gasteiger partial charge is 0.232 e. The van der Waals surface area contributed by atoms with Gasteiger partial charge in [-0.1, -0.05) is 91.5 Å². The number of sulfonamides is 1. The monoisotopic (exact) mass is 690 g/mol. The lowest BCUT2D eigenvalue weighted by Gasteiger charge is -2.22. The summed E-state index contributed by atoms with van der Waals surface area (Å²) in [6.07, 6.45) is 13.6. The number of methoxy groups -OCH3 is 1. The van der Waals surface area contributed by atoms with Gasteiger partial charge in [0.25, 0.3) is 0 Å². The van der Waals surface area contributed by atoms with Gasteiger partial charge in [-0.05, 0) is 74.7 Å². The van der Waals surface area contributed by atoms with E-state index in [0.717, 1.165) is 54.4 Å². The Morgan fingerprint density at radius 3 is 2.12 bits per heavy atom. The van der Waals surface area contributed by atoms with Crippen LogP contribution in [0.3, 0.4) is 0 Å². The van der Waals surface area contributed by atoms with Gasteiger partial charge >= 0.3 is 0 Å². The molecular formula is C39H58N6O3S. The summed E-state index contributed by atoms with van der Waals surface area (Å²) in [4.78, 5) is 2.33. The van der Waals surface area contributed by atoms with E-state index in [2.05, 4.69) is 92.6 Å². The van der Waals surface area contributed by atoms with Crippen LogP contribution in [0.1, 0.15) is 123 Å². The number of aryl methyl sites for hydroxylation is 1. The Bertz CT molecular complexity index is 1820. The second-order valence-corrected chi connectivity index (χ2v) is 16.0. The maximum Gasteiger partial charge on any atom is 0.232 e. The SMILES string of the molecule is CCCCCCCCCCCCS(=O)(=O)Nc1ccc(OC)cc1-c1nnc2/c(=C\c3ccc(N(CC)CC)cc3C)c(C(C)(C)C)nn12. The van der Waals surface area contributed by atoms with Crippen LogP contribution in [-0.2, 0) is 15.4 Å². The van der Waals surface area contributed by atoms with Crippen LogP contribution in [0.5, 0.6) is 5.75 Å². The van der Waals surface area contributed by atoms with E-state index in [1.165, 1.54) is 44.2 Å². The summed E-state index contributed by atoms with van der Waals surface area (Å²) < 4.78 is 36.7. The van der Waals surface area contributed by atoms with E-state index < -0.39 is 10.0 Å². The lowest BCUT2D eigenvalue weighted by molar-refractivity contribution is 0.415. The Morgan fingerprint density at radius 2 is 1.53 bits per heavy atom. The third-order valence-corrected chi connectivity index (χ3v) is 10.6. The Hall–Kier alpha value is -3.66. The molecule has 0 saturated carbocycles. The number of ether oxygens (including phenoxy) is 1. The van der Waals surface area contributed by atoms with Gasteiger partial charge in [0.15, 0.2) is 11.5 Å². The van der Waals surface area contributed by atoms with Crippen LogP contribution in [0.2, 0.25) is 0 Å². The molecule has 0 aliphatic heterocycles. The fourth-order valence-corrected chi connectivity index (χ4v) is 7.54. The standard InChI is InChI=1S/C39H58N6O3S/c1-9-12-13-14-15-16-17-18-19-20-25-49(46,47)43-35-24-23-32(48-8)28-33(35)37-40-41-38-34(36(39(5,6)7)42-45(37)38)27-30-21-22-31(26-29(30)4)44(10-2)11-3/h21-24,26-28,43H,9-20,25H2,1-8H3/b34-27-. The van der Waals surface area contributed by atoms with Crippen LogP contribution >= 0.6 is 0 Å². The minimum atomic E-state index is -3.59. The average Bonchev–Trinajstić information content (AvgIpc) is 3.64. The zero-order chi connectivity index (χ0) is 35.6. The molecule has 4 aromatic rings. The molecule has 49 heavy (non-hydrogen) atoms. The number of hydrogen-bond donors (Lipinski definition) is 1. The number of aromatic nitrogens is 4. The van der Waals surface area contributed by atoms with E-state index in [9.17, 15) is 8.42 Å². The van der Waals surface area contributed by atoms with Crippen molar-refractivity contribution in [2.24, 2.45) is 0 Å². The Labute approximate surface area is 294 Å². The van der Waals surface area contributed by atoms with Crippen molar-refractivity contribution in [1.29, 1.82) is 0 Å². The van der Waals surface area contributed by atoms with Crippen molar-refractivity contribution in [1.82, 2.24) is 19.8 Å². The zero-order valence-electron chi connectivity index (χ0n) is 31.1. The molecule has 0 spiro atoms. The lowest BCUT2D eigenvalue weighted by atomic mass is 9.90. The highest BCUT2D eigenvalue weighted by Crippen LogP contribution is 2.32. The first-order valence-corrected chi connectivity index (χ1v) is 19.9. The second-order valence-electron chi connectivity index (χ2n) is 14.1. The van der Waals surface area contributed by atoms with E-state index >= 15 is 0 Å². The number of nitrogens with one attached hydrogen (secondary N) is 1. The Balaban J connectivity index is 1.62. The first kappa shape index (κ1) is 38.1. The van der Waals surface area contributed by atoms with E-state index in [4.69, 9.17) is 9.84 Å². The van der Waals surface area contributed by atoms with E-state index in [1.807, 2.05) is 0 Å². The van der Waals surface area contributed by atoms with Gasteiger partial charge in [0, 0.05) is 35.0 Å². The second kappa shape index (κ2) is 17.3. The minimum absolute atomic E-state index is 0.0680. The lowest BCUT2D eigenvalue weighted by Crippen LogP contribution is -2.22. The molecule has 0 bridgehead atoms. The average molecular weight is 691 g/mol. The largest absolute Gasteiger partial charge is 0.497 e. The molecule has 0 aliphatic carbocycles. The predicted octanol–water partition coefficient (Wildman–Crippen LogP) is 8.46. The Kier molecular flexibility index (Phi) is 13.5. The van der Waals surface area contributed by atoms with E-state index in [1.54, 1.807) is 29.8 Å². The zero-order valence-corrected chi connectivity index (χ0v) is 31.9. The van der Waals surface area contributed by atoms with Crippen LogP contribution in [0.25, 0.3) is 23.1 Å². The van der Waals surface area contributed by atoms with Crippen LogP contribution in [0.15, 0.2) is 36.4 Å². The van der Waals surface area contributed by atoms with E-state index in [0.29, 0.717) is 34.9 Å². The van der Waals surface area contributed by atoms with Crippen molar-refractivity contribution in [3.05, 3.63) is 58.4 Å². The minimum Gasteiger partial charge on any atom is -0.497 e. The van der Waals surface area contributed by atoms with Crippen molar-refractivity contribution in [3.63, 3.8) is 0 Å². The number of fused-ring (bicyclic) bond motifs is 1. The molecule has 0 saturated heterocycles. The maximum absolute atomic E-state index is 13.3. The molecule has 2 aromatic carbocycles. The molecule has 0 atom stereocenters. The third-order valence-electron chi connectivity index (χ3n) is 9.23. The summed E-state index contributed by atoms with van der Waals surface area (Å²) in [7, 11) is -2.00. The van der Waals surface area contributed by atoms with Gasteiger partial charge in [0.1, 0.15) is 5.75 Å². The third kappa shape index (κ3) is 9.96. The van der Waals surface area contributed by atoms with Crippen molar-refractivity contribution in [2.45, 2.75) is 118 Å². The molecule has 0 aliphatic rings. The summed E-state index contributed by atoms with van der Waals surface area (Å²) >= 11 is 0. The number of unbranched alkanes of at least 4 members (excludes halogenated alkanes) is 9. The number of hydrogen-bond acceptors (Lipinski definition) is 7. The molecule has 10 heteroatoms. The van der Waals surface area contributed by atoms with Gasteiger partial charge in [0.2, 0.25) is 10.0 Å². The highest BCUT2D eigenvalue weighted by atomic mass is 32.2. The van der Waals surface area contributed by atoms with Gasteiger partial charge in [-0.25, -0.2) is 8.42 Å². The molecular weight excluding hydrogens is 633 g/mol. The summed E-state index contributed by atoms with van der Waals surface area (Å²) in [5.74, 6) is 1.10. The van der Waals surface area contributed by atoms with Gasteiger partial charge in [0.05, 0.1) is 24.2 Å². The highest BCUT2D eigenvalue weighted by molar-refractivity contribution is 7.92. The maximum atomic E-state index is 13.3. The number of rotatable bonds is 19. The topological polar surface area (TPSA) is 102 Å². The fourth-order valence-electron chi connectivity index (χ4n) is 6.34. The summed E-state index contributed by atoms with van der Waals surface area (Å²) in [5.41, 5.74) is 5.65. The summed E-state index contributed by atoms with van der Waals surface area (Å²) in [5, 5.41) is 15.1. The number of anilines is 2. The van der Waals surface area contributed by atoms with E-state index in [-0.39, 0.29) is 11.2 Å². The van der Waals surface area contributed by atoms with Crippen molar-refractivity contribution in [2.75, 3.05) is 35.6 Å². The van der Waals surface area contributed by atoms with Gasteiger partial charge in [-0.2, -0.15) is 9.61 Å². The van der Waals surface area contributed by atoms with Crippen LogP contribution < -0.4 is 19.6 Å². The van der Waals surface area contributed by atoms with Crippen molar-refractivity contribution < 1.29 is 13.2 Å². The molecule has 268 valence electrons. The molecule has 4 rings (SSSR count). The van der Waals surface area contributed by atoms with Gasteiger partial charge in [-0.15, -0.1) is 10.2 Å². The molecule has 0 amide bonds. The highest BCUT2D eigenvalue weighted by Gasteiger charge is 2.26. The Morgan fingerprint density at radius 1 is 0.878 bits per heavy atom. The number of benzene rings is 2. The van der Waals surface area contributed by atoms with Crippen LogP contribution in [0.4, 0.5) is 11.4 Å². The van der Waals surface area contributed by atoms with Crippen LogP contribution in [0, 0.1) is 6.92 Å². The molecule has 0 unspecified atom stereocenters. The fraction of sp³-hybridized carbons (Fsp3) is 0.564. The first-order valence-electron chi connectivity index (χ1n) is 18.2. The molecule has 0 fully saturated rings. The normalized spacial score (nSPS) is 12.6. The van der Waals surface area contributed by atoms with Crippen LogP contribution in [-0.4, -0.2) is 54.2 Å². The predicted molar refractivity (Wildman–Crippen MR) is 204 cm³/mol. The van der Waals surface area contributed by atoms with Gasteiger partial charge < -0.3 is 9.64 Å². The summed E-state index contributed by atoms with van der Waals surface area (Å²) in [6.45, 7) is 17.0. The molecule has 2 heterocycles. The van der Waals surface area contributed by atoms with Crippen molar-refractivity contribution >= 4 is 33.1 Å². The summed E-state index contributed by atoms with van der Waals surface area (Å²) in [6, 6.07) is 11.8. The molecule has 1 N–H and O–H groups in total. The van der Waals surface area contributed by atoms with Gasteiger partial charge in [-0.3, -0.25) is 4.72 Å². The quantitative estimate of drug-likeness (QED) is 0.0986. The molecule has 0 radical (unpaired) electrons. The number of nitrogens with zero attached hydrogens (tertiary/aromatic N) is 5. The molecule has 9 nitrogen and oxygen atoms in total.